The number of alkyl halides is 3. The molecule has 0 bridgehead atoms. The first-order chi connectivity index (χ1) is 21.0. The summed E-state index contributed by atoms with van der Waals surface area (Å²) in [5, 5.41) is 2.13. The average molecular weight is 642 g/mol. The highest BCUT2D eigenvalue weighted by Crippen LogP contribution is 2.53. The van der Waals surface area contributed by atoms with E-state index in [2.05, 4.69) is 10.3 Å². The van der Waals surface area contributed by atoms with Crippen molar-refractivity contribution in [1.82, 2.24) is 4.98 Å². The van der Waals surface area contributed by atoms with Crippen LogP contribution < -0.4 is 24.6 Å². The third-order valence-corrected chi connectivity index (χ3v) is 9.62. The van der Waals surface area contributed by atoms with Gasteiger partial charge in [0.25, 0.3) is 5.91 Å². The van der Waals surface area contributed by atoms with E-state index in [1.54, 1.807) is 42.5 Å². The summed E-state index contributed by atoms with van der Waals surface area (Å²) < 4.78 is 50.2. The number of aromatic amines is 1. The number of H-pyrrole nitrogens is 1. The zero-order valence-electron chi connectivity index (χ0n) is 22.7. The number of nitrogens with one attached hydrogen (secondary N) is 2. The zero-order valence-corrected chi connectivity index (χ0v) is 24.3. The Morgan fingerprint density at radius 1 is 0.977 bits per heavy atom. The van der Waals surface area contributed by atoms with E-state index in [9.17, 15) is 32.3 Å². The SMILES string of the molecule is COc1cc([C@@H]2c3sc(=O)[nH]c3S[C@H]3C(=O)N(c4ccccc4)C(=O)[C@@H]23)ccc1OCC(=O)Nc1cccc(C(F)(F)F)c1. The molecule has 2 aliphatic heterocycles. The highest BCUT2D eigenvalue weighted by molar-refractivity contribution is 8.00. The smallest absolute Gasteiger partial charge is 0.416 e. The monoisotopic (exact) mass is 641 g/mol. The molecule has 3 amide bonds. The van der Waals surface area contributed by atoms with Gasteiger partial charge in [-0.3, -0.25) is 19.2 Å². The summed E-state index contributed by atoms with van der Waals surface area (Å²) in [5.41, 5.74) is 0.104. The van der Waals surface area contributed by atoms with Crippen LogP contribution in [-0.2, 0) is 20.6 Å². The number of carbonyl (C=O) groups excluding carboxylic acids is 3. The number of ether oxygens (including phenoxy) is 2. The second-order valence-corrected chi connectivity index (χ2v) is 12.1. The van der Waals surface area contributed by atoms with Gasteiger partial charge in [-0.25, -0.2) is 4.90 Å². The molecule has 0 unspecified atom stereocenters. The van der Waals surface area contributed by atoms with Gasteiger partial charge in [0, 0.05) is 16.5 Å². The Morgan fingerprint density at radius 3 is 2.48 bits per heavy atom. The highest BCUT2D eigenvalue weighted by Gasteiger charge is 2.56. The highest BCUT2D eigenvalue weighted by atomic mass is 32.2. The van der Waals surface area contributed by atoms with Gasteiger partial charge in [-0.2, -0.15) is 13.2 Å². The lowest BCUT2D eigenvalue weighted by atomic mass is 9.83. The van der Waals surface area contributed by atoms with Crippen molar-refractivity contribution in [1.29, 1.82) is 0 Å². The summed E-state index contributed by atoms with van der Waals surface area (Å²) in [7, 11) is 1.38. The van der Waals surface area contributed by atoms with Gasteiger partial charge >= 0.3 is 11.0 Å². The van der Waals surface area contributed by atoms with Crippen LogP contribution in [0.3, 0.4) is 0 Å². The lowest BCUT2D eigenvalue weighted by molar-refractivity contribution is -0.137. The van der Waals surface area contributed by atoms with E-state index in [4.69, 9.17) is 9.47 Å². The first-order valence-electron chi connectivity index (χ1n) is 13.2. The minimum absolute atomic E-state index is 0.0397. The molecule has 3 heterocycles. The Kier molecular flexibility index (Phi) is 7.72. The molecule has 6 rings (SSSR count). The largest absolute Gasteiger partial charge is 0.493 e. The van der Waals surface area contributed by atoms with E-state index >= 15 is 0 Å². The predicted molar refractivity (Wildman–Crippen MR) is 157 cm³/mol. The number of halogens is 3. The number of imide groups is 1. The maximum atomic E-state index is 13.8. The van der Waals surface area contributed by atoms with E-state index in [1.807, 2.05) is 0 Å². The number of rotatable bonds is 7. The lowest BCUT2D eigenvalue weighted by Crippen LogP contribution is -2.32. The number of carbonyl (C=O) groups is 3. The van der Waals surface area contributed by atoms with Gasteiger partial charge in [-0.1, -0.05) is 53.4 Å². The van der Waals surface area contributed by atoms with Gasteiger partial charge in [0.1, 0.15) is 5.25 Å². The molecule has 0 saturated carbocycles. The number of thiazole rings is 1. The van der Waals surface area contributed by atoms with E-state index in [-0.39, 0.29) is 33.9 Å². The minimum atomic E-state index is -4.56. The first-order valence-corrected chi connectivity index (χ1v) is 14.8. The van der Waals surface area contributed by atoms with Crippen LogP contribution in [0.1, 0.15) is 21.9 Å². The molecule has 1 aromatic heterocycles. The normalized spacial score (nSPS) is 19.4. The Hall–Kier alpha value is -4.56. The lowest BCUT2D eigenvalue weighted by Gasteiger charge is -2.30. The Bertz CT molecular complexity index is 1820. The minimum Gasteiger partial charge on any atom is -0.493 e. The number of fused-ring (bicyclic) bond motifs is 2. The molecule has 3 aromatic carbocycles. The molecule has 1 fully saturated rings. The molecule has 226 valence electrons. The number of benzene rings is 3. The van der Waals surface area contributed by atoms with Crippen LogP contribution >= 0.6 is 23.1 Å². The quantitative estimate of drug-likeness (QED) is 0.264. The Morgan fingerprint density at radius 2 is 1.75 bits per heavy atom. The molecule has 2 aliphatic rings. The van der Waals surface area contributed by atoms with Crippen LogP contribution in [0.25, 0.3) is 0 Å². The van der Waals surface area contributed by atoms with Gasteiger partial charge < -0.3 is 19.8 Å². The fraction of sp³-hybridized carbons (Fsp3) is 0.200. The van der Waals surface area contributed by atoms with Gasteiger partial charge in [0.15, 0.2) is 18.1 Å². The fourth-order valence-corrected chi connectivity index (χ4v) is 7.83. The fourth-order valence-electron chi connectivity index (χ4n) is 5.32. The van der Waals surface area contributed by atoms with Crippen molar-refractivity contribution in [3.8, 4) is 11.5 Å². The number of hydrogen-bond acceptors (Lipinski definition) is 8. The van der Waals surface area contributed by atoms with Crippen LogP contribution in [0, 0.1) is 5.92 Å². The van der Waals surface area contributed by atoms with Crippen molar-refractivity contribution < 1.29 is 37.0 Å². The Labute approximate surface area is 256 Å². The summed E-state index contributed by atoms with van der Waals surface area (Å²) >= 11 is 2.13. The molecular formula is C30H22F3N3O6S2. The number of nitrogens with zero attached hydrogens (tertiary/aromatic N) is 1. The van der Waals surface area contributed by atoms with Crippen molar-refractivity contribution in [3.63, 3.8) is 0 Å². The number of amides is 3. The van der Waals surface area contributed by atoms with Crippen LogP contribution in [0.5, 0.6) is 11.5 Å². The third kappa shape index (κ3) is 5.46. The number of anilines is 2. The number of aromatic nitrogens is 1. The van der Waals surface area contributed by atoms with Crippen molar-refractivity contribution in [2.45, 2.75) is 22.4 Å². The molecule has 0 radical (unpaired) electrons. The number of thioether (sulfide) groups is 1. The van der Waals surface area contributed by atoms with Crippen molar-refractivity contribution in [2.24, 2.45) is 5.92 Å². The van der Waals surface area contributed by atoms with Crippen LogP contribution in [0.2, 0.25) is 0 Å². The van der Waals surface area contributed by atoms with Crippen molar-refractivity contribution >= 4 is 52.2 Å². The Balaban J connectivity index is 1.26. The van der Waals surface area contributed by atoms with Gasteiger partial charge in [-0.15, -0.1) is 0 Å². The average Bonchev–Trinajstić information content (AvgIpc) is 3.50. The van der Waals surface area contributed by atoms with Crippen molar-refractivity contribution in [3.05, 3.63) is 98.5 Å². The van der Waals surface area contributed by atoms with E-state index in [0.717, 1.165) is 35.2 Å². The number of methoxy groups -OCH3 is 1. The molecule has 0 spiro atoms. The topological polar surface area (TPSA) is 118 Å². The van der Waals surface area contributed by atoms with Gasteiger partial charge in [-0.05, 0) is 48.0 Å². The van der Waals surface area contributed by atoms with E-state index in [1.165, 1.54) is 30.2 Å². The summed E-state index contributed by atoms with van der Waals surface area (Å²) in [5.74, 6) is -2.54. The molecule has 44 heavy (non-hydrogen) atoms. The van der Waals surface area contributed by atoms with Crippen LogP contribution in [0.4, 0.5) is 24.5 Å². The molecule has 9 nitrogen and oxygen atoms in total. The predicted octanol–water partition coefficient (Wildman–Crippen LogP) is 5.28. The van der Waals surface area contributed by atoms with Crippen molar-refractivity contribution in [2.75, 3.05) is 23.9 Å². The molecule has 0 aliphatic carbocycles. The van der Waals surface area contributed by atoms with Crippen LogP contribution in [-0.4, -0.2) is 41.7 Å². The van der Waals surface area contributed by atoms with Gasteiger partial charge in [0.2, 0.25) is 11.8 Å². The van der Waals surface area contributed by atoms with Gasteiger partial charge in [0.05, 0.1) is 29.3 Å². The third-order valence-electron chi connectivity index (χ3n) is 7.22. The maximum Gasteiger partial charge on any atom is 0.416 e. The second-order valence-electron chi connectivity index (χ2n) is 9.92. The molecular weight excluding hydrogens is 619 g/mol. The maximum absolute atomic E-state index is 13.8. The number of hydrogen-bond donors (Lipinski definition) is 2. The molecule has 4 aromatic rings. The molecule has 14 heteroatoms. The van der Waals surface area contributed by atoms with E-state index < -0.39 is 41.3 Å². The van der Waals surface area contributed by atoms with Crippen LogP contribution in [0.15, 0.2) is 82.6 Å². The molecule has 1 saturated heterocycles. The summed E-state index contributed by atoms with van der Waals surface area (Å²) in [6.45, 7) is -0.528. The number of para-hydroxylation sites is 1. The van der Waals surface area contributed by atoms with E-state index in [0.29, 0.717) is 21.2 Å². The summed E-state index contributed by atoms with van der Waals surface area (Å²) in [6, 6.07) is 17.7. The first kappa shape index (κ1) is 29.5. The molecule has 2 N–H and O–H groups in total. The second kappa shape index (κ2) is 11.5. The summed E-state index contributed by atoms with van der Waals surface area (Å²) in [6.07, 6.45) is -4.56. The zero-order chi connectivity index (χ0) is 31.2. The summed E-state index contributed by atoms with van der Waals surface area (Å²) in [4.78, 5) is 56.5. The molecule has 3 atom stereocenters. The standard InChI is InChI=1S/C30H22F3N3O6S2/c1-41-20-12-15(10-11-19(20)42-14-21(37)34-17-7-5-6-16(13-17)30(31,32)33)22-23-25(43-26-24(22)44-29(40)35-26)28(39)36(27(23)38)18-8-3-2-4-9-18/h2-13,22-23,25H,14H2,1H3,(H,34,37)(H,35,40)/t22-,23-,25+/m0/s1.